The number of nitrogens with two attached hydrogens (primary N) is 1. The van der Waals surface area contributed by atoms with Crippen LogP contribution in [0.4, 0.5) is 0 Å². The van der Waals surface area contributed by atoms with E-state index in [0.29, 0.717) is 0 Å². The average Bonchev–Trinajstić information content (AvgIpc) is 2.89. The average molecular weight is 318 g/mol. The van der Waals surface area contributed by atoms with Gasteiger partial charge in [0.25, 0.3) is 0 Å². The van der Waals surface area contributed by atoms with Crippen LogP contribution in [0.1, 0.15) is 22.7 Å². The largest absolute Gasteiger partial charge is 0.493 e. The number of ether oxygens (including phenoxy) is 1. The van der Waals surface area contributed by atoms with E-state index in [1.54, 1.807) is 0 Å². The molecule has 1 heterocycles. The second-order valence-corrected chi connectivity index (χ2v) is 5.69. The normalized spacial score (nSPS) is 14.8. The molecule has 2 aromatic carbocycles. The molecule has 1 atom stereocenters. The Kier molecular flexibility index (Phi) is 3.58. The molecular weight excluding hydrogens is 302 g/mol. The van der Waals surface area contributed by atoms with Crippen molar-refractivity contribution < 1.29 is 4.74 Å². The molecule has 3 rings (SSSR count). The summed E-state index contributed by atoms with van der Waals surface area (Å²) in [6.45, 7) is 0.772. The van der Waals surface area contributed by atoms with Crippen molar-refractivity contribution in [2.75, 3.05) is 6.61 Å². The Morgan fingerprint density at radius 2 is 2.00 bits per heavy atom. The molecule has 1 unspecified atom stereocenters. The van der Waals surface area contributed by atoms with Gasteiger partial charge < -0.3 is 10.5 Å². The van der Waals surface area contributed by atoms with Gasteiger partial charge in [0.1, 0.15) is 5.75 Å². The lowest BCUT2D eigenvalue weighted by atomic mass is 9.97. The molecule has 0 bridgehead atoms. The van der Waals surface area contributed by atoms with Gasteiger partial charge in [-0.05, 0) is 23.6 Å². The van der Waals surface area contributed by atoms with Crippen LogP contribution in [-0.2, 0) is 12.8 Å². The van der Waals surface area contributed by atoms with Crippen molar-refractivity contribution in [1.29, 1.82) is 0 Å². The lowest BCUT2D eigenvalue weighted by Gasteiger charge is -2.16. The van der Waals surface area contributed by atoms with Gasteiger partial charge in [-0.2, -0.15) is 0 Å². The lowest BCUT2D eigenvalue weighted by molar-refractivity contribution is 0.351. The van der Waals surface area contributed by atoms with E-state index in [4.69, 9.17) is 10.5 Å². The zero-order valence-corrected chi connectivity index (χ0v) is 12.2. The molecule has 2 nitrogen and oxygen atoms in total. The Balaban J connectivity index is 1.87. The van der Waals surface area contributed by atoms with Crippen LogP contribution in [0.15, 0.2) is 46.9 Å². The van der Waals surface area contributed by atoms with Crippen molar-refractivity contribution in [3.05, 3.63) is 63.6 Å². The van der Waals surface area contributed by atoms with E-state index >= 15 is 0 Å². The summed E-state index contributed by atoms with van der Waals surface area (Å²) in [5, 5.41) is 0. The van der Waals surface area contributed by atoms with Crippen LogP contribution in [-0.4, -0.2) is 6.61 Å². The van der Waals surface area contributed by atoms with Gasteiger partial charge in [0, 0.05) is 22.5 Å². The second kappa shape index (κ2) is 5.35. The van der Waals surface area contributed by atoms with Crippen molar-refractivity contribution in [3.8, 4) is 5.75 Å². The molecule has 1 aliphatic rings. The Morgan fingerprint density at radius 1 is 1.16 bits per heavy atom. The highest BCUT2D eigenvalue weighted by molar-refractivity contribution is 9.10. The van der Waals surface area contributed by atoms with E-state index in [-0.39, 0.29) is 6.04 Å². The van der Waals surface area contributed by atoms with Gasteiger partial charge in [-0.15, -0.1) is 0 Å². The van der Waals surface area contributed by atoms with Crippen LogP contribution in [0.2, 0.25) is 0 Å². The van der Waals surface area contributed by atoms with Gasteiger partial charge >= 0.3 is 0 Å². The summed E-state index contributed by atoms with van der Waals surface area (Å²) in [6, 6.07) is 14.4. The fourth-order valence-corrected chi connectivity index (χ4v) is 2.99. The van der Waals surface area contributed by atoms with Crippen LogP contribution in [0.3, 0.4) is 0 Å². The first kappa shape index (κ1) is 12.7. The maximum Gasteiger partial charge on any atom is 0.127 e. The fraction of sp³-hybridized carbons (Fsp3) is 0.250. The maximum atomic E-state index is 6.37. The third-order valence-corrected chi connectivity index (χ3v) is 4.32. The molecule has 0 saturated heterocycles. The molecule has 0 radical (unpaired) electrons. The van der Waals surface area contributed by atoms with Crippen LogP contribution in [0.25, 0.3) is 0 Å². The van der Waals surface area contributed by atoms with Gasteiger partial charge in [0.05, 0.1) is 6.61 Å². The first-order chi connectivity index (χ1) is 9.25. The van der Waals surface area contributed by atoms with Crippen LogP contribution < -0.4 is 10.5 Å². The molecule has 98 valence electrons. The Labute approximate surface area is 121 Å². The fourth-order valence-electron chi connectivity index (χ4n) is 2.54. The number of fused-ring (bicyclic) bond motifs is 1. The SMILES string of the molecule is NC(Cc1ccccc1Br)c1cccc2c1OCC2. The van der Waals surface area contributed by atoms with Gasteiger partial charge in [0.15, 0.2) is 0 Å². The molecule has 2 N–H and O–H groups in total. The molecule has 0 amide bonds. The first-order valence-electron chi connectivity index (χ1n) is 6.49. The number of hydrogen-bond donors (Lipinski definition) is 1. The van der Waals surface area contributed by atoms with Gasteiger partial charge in [-0.3, -0.25) is 0 Å². The van der Waals surface area contributed by atoms with Crippen molar-refractivity contribution in [2.24, 2.45) is 5.73 Å². The van der Waals surface area contributed by atoms with E-state index in [1.165, 1.54) is 11.1 Å². The molecule has 0 fully saturated rings. The summed E-state index contributed by atoms with van der Waals surface area (Å²) in [5.41, 5.74) is 9.99. The third-order valence-electron chi connectivity index (χ3n) is 3.54. The molecular formula is C16H16BrNO. The summed E-state index contributed by atoms with van der Waals surface area (Å²) < 4.78 is 6.84. The minimum atomic E-state index is -0.0354. The van der Waals surface area contributed by atoms with E-state index in [2.05, 4.69) is 40.2 Å². The molecule has 0 saturated carbocycles. The highest BCUT2D eigenvalue weighted by Gasteiger charge is 2.20. The second-order valence-electron chi connectivity index (χ2n) is 4.84. The Bertz CT molecular complexity index is 597. The summed E-state index contributed by atoms with van der Waals surface area (Å²) in [4.78, 5) is 0. The van der Waals surface area contributed by atoms with Crippen LogP contribution >= 0.6 is 15.9 Å². The maximum absolute atomic E-state index is 6.37. The number of para-hydroxylation sites is 1. The van der Waals surface area contributed by atoms with Crippen molar-refractivity contribution >= 4 is 15.9 Å². The monoisotopic (exact) mass is 317 g/mol. The number of benzene rings is 2. The topological polar surface area (TPSA) is 35.2 Å². The minimum Gasteiger partial charge on any atom is -0.493 e. The third kappa shape index (κ3) is 2.53. The standard InChI is InChI=1S/C16H16BrNO/c17-14-7-2-1-4-12(14)10-15(18)13-6-3-5-11-8-9-19-16(11)13/h1-7,15H,8-10,18H2. The quantitative estimate of drug-likeness (QED) is 0.938. The highest BCUT2D eigenvalue weighted by atomic mass is 79.9. The Morgan fingerprint density at radius 3 is 2.84 bits per heavy atom. The zero-order chi connectivity index (χ0) is 13.2. The van der Waals surface area contributed by atoms with Crippen molar-refractivity contribution in [3.63, 3.8) is 0 Å². The lowest BCUT2D eigenvalue weighted by Crippen LogP contribution is -2.14. The van der Waals surface area contributed by atoms with E-state index in [1.807, 2.05) is 18.2 Å². The summed E-state index contributed by atoms with van der Waals surface area (Å²) >= 11 is 3.57. The zero-order valence-electron chi connectivity index (χ0n) is 10.6. The Hall–Kier alpha value is -1.32. The van der Waals surface area contributed by atoms with E-state index < -0.39 is 0 Å². The number of rotatable bonds is 3. The predicted octanol–water partition coefficient (Wildman–Crippen LogP) is 3.63. The van der Waals surface area contributed by atoms with Crippen molar-refractivity contribution in [2.45, 2.75) is 18.9 Å². The molecule has 3 heteroatoms. The highest BCUT2D eigenvalue weighted by Crippen LogP contribution is 2.34. The summed E-state index contributed by atoms with van der Waals surface area (Å²) in [6.07, 6.45) is 1.80. The van der Waals surface area contributed by atoms with Gasteiger partial charge in [-0.1, -0.05) is 52.3 Å². The molecule has 2 aromatic rings. The van der Waals surface area contributed by atoms with Gasteiger partial charge in [-0.25, -0.2) is 0 Å². The minimum absolute atomic E-state index is 0.0354. The molecule has 0 aliphatic carbocycles. The molecule has 19 heavy (non-hydrogen) atoms. The summed E-state index contributed by atoms with van der Waals surface area (Å²) in [5.74, 6) is 1.00. The molecule has 1 aliphatic heterocycles. The molecule has 0 spiro atoms. The van der Waals surface area contributed by atoms with Crippen molar-refractivity contribution in [1.82, 2.24) is 0 Å². The number of hydrogen-bond acceptors (Lipinski definition) is 2. The van der Waals surface area contributed by atoms with Gasteiger partial charge in [0.2, 0.25) is 0 Å². The first-order valence-corrected chi connectivity index (χ1v) is 7.28. The van der Waals surface area contributed by atoms with E-state index in [9.17, 15) is 0 Å². The van der Waals surface area contributed by atoms with Crippen LogP contribution in [0.5, 0.6) is 5.75 Å². The summed E-state index contributed by atoms with van der Waals surface area (Å²) in [7, 11) is 0. The predicted molar refractivity (Wildman–Crippen MR) is 80.4 cm³/mol. The van der Waals surface area contributed by atoms with E-state index in [0.717, 1.165) is 35.2 Å². The number of halogens is 1. The molecule has 0 aromatic heterocycles. The van der Waals surface area contributed by atoms with Crippen LogP contribution in [0, 0.1) is 0 Å². The smallest absolute Gasteiger partial charge is 0.127 e.